The Morgan fingerprint density at radius 1 is 1.07 bits per heavy atom. The van der Waals surface area contributed by atoms with Gasteiger partial charge in [-0.3, -0.25) is 4.79 Å². The van der Waals surface area contributed by atoms with Gasteiger partial charge in [0.05, 0.1) is 5.56 Å². The van der Waals surface area contributed by atoms with Gasteiger partial charge in [-0.15, -0.1) is 0 Å². The molecule has 1 aliphatic rings. The number of ether oxygens (including phenoxy) is 1. The van der Waals surface area contributed by atoms with E-state index in [1.807, 2.05) is 0 Å². The van der Waals surface area contributed by atoms with Gasteiger partial charge in [-0.1, -0.05) is 0 Å². The first-order valence-corrected chi connectivity index (χ1v) is 9.22. The van der Waals surface area contributed by atoms with Crippen LogP contribution in [0.4, 0.5) is 18.9 Å². The molecule has 0 spiro atoms. The highest BCUT2D eigenvalue weighted by atomic mass is 19.4. The third-order valence-electron chi connectivity index (χ3n) is 5.04. The fourth-order valence-corrected chi connectivity index (χ4v) is 3.50. The highest BCUT2D eigenvalue weighted by Gasteiger charge is 2.30. The van der Waals surface area contributed by atoms with Crippen LogP contribution in [-0.2, 0) is 6.18 Å². The van der Waals surface area contributed by atoms with Crippen molar-refractivity contribution in [3.8, 4) is 5.75 Å². The largest absolute Gasteiger partial charge is 0.490 e. The number of carbonyl (C=O) groups is 1. The van der Waals surface area contributed by atoms with E-state index in [9.17, 15) is 18.0 Å². The van der Waals surface area contributed by atoms with Gasteiger partial charge >= 0.3 is 6.18 Å². The van der Waals surface area contributed by atoms with Crippen LogP contribution in [0, 0.1) is 0 Å². The van der Waals surface area contributed by atoms with Crippen molar-refractivity contribution in [3.63, 3.8) is 0 Å². The topological polar surface area (TPSA) is 68.7 Å². The molecule has 2 aromatic carbocycles. The van der Waals surface area contributed by atoms with E-state index in [4.69, 9.17) is 14.9 Å². The van der Waals surface area contributed by atoms with Crippen molar-refractivity contribution < 1.29 is 27.1 Å². The van der Waals surface area contributed by atoms with Crippen molar-refractivity contribution in [2.45, 2.75) is 25.1 Å². The number of fused-ring (bicyclic) bond motifs is 1. The summed E-state index contributed by atoms with van der Waals surface area (Å²) >= 11 is 0. The average Bonchev–Trinajstić information content (AvgIpc) is 3.12. The summed E-state index contributed by atoms with van der Waals surface area (Å²) in [5.41, 5.74) is 5.92. The molecule has 8 heteroatoms. The number of primary amides is 1. The second-order valence-corrected chi connectivity index (χ2v) is 7.02. The first-order valence-electron chi connectivity index (χ1n) is 9.22. The lowest BCUT2D eigenvalue weighted by molar-refractivity contribution is -0.137. The van der Waals surface area contributed by atoms with Crippen molar-refractivity contribution in [1.82, 2.24) is 0 Å². The molecule has 1 amide bonds. The number of alkyl halides is 3. The number of halogens is 3. The number of piperidine rings is 1. The van der Waals surface area contributed by atoms with Crippen molar-refractivity contribution in [2.24, 2.45) is 5.73 Å². The highest BCUT2D eigenvalue weighted by Crippen LogP contribution is 2.32. The predicted molar refractivity (Wildman–Crippen MR) is 102 cm³/mol. The average molecular weight is 404 g/mol. The minimum atomic E-state index is -4.33. The number of rotatable bonds is 4. The van der Waals surface area contributed by atoms with Crippen LogP contribution < -0.4 is 15.4 Å². The molecule has 3 aromatic rings. The molecule has 152 valence electrons. The van der Waals surface area contributed by atoms with Gasteiger partial charge in [-0.2, -0.15) is 13.2 Å². The molecular formula is C21H19F3N2O3. The van der Waals surface area contributed by atoms with Gasteiger partial charge in [0.1, 0.15) is 17.4 Å². The zero-order chi connectivity index (χ0) is 20.6. The molecule has 2 N–H and O–H groups in total. The Kier molecular flexibility index (Phi) is 4.86. The molecule has 29 heavy (non-hydrogen) atoms. The predicted octanol–water partition coefficient (Wildman–Crippen LogP) is 4.60. The highest BCUT2D eigenvalue weighted by molar-refractivity contribution is 5.95. The minimum absolute atomic E-state index is 0.000611. The Morgan fingerprint density at radius 2 is 1.76 bits per heavy atom. The zero-order valence-corrected chi connectivity index (χ0v) is 15.4. The Balaban J connectivity index is 1.37. The summed E-state index contributed by atoms with van der Waals surface area (Å²) in [4.78, 5) is 13.3. The van der Waals surface area contributed by atoms with Crippen molar-refractivity contribution in [3.05, 3.63) is 59.9 Å². The SMILES string of the molecule is NC(=O)c1cc2cc(OC3CCN(c4ccc(C(F)(F)F)cc4)CC3)ccc2o1. The second-order valence-electron chi connectivity index (χ2n) is 7.02. The quantitative estimate of drug-likeness (QED) is 0.690. The van der Waals surface area contributed by atoms with Crippen molar-refractivity contribution in [2.75, 3.05) is 18.0 Å². The summed E-state index contributed by atoms with van der Waals surface area (Å²) in [5.74, 6) is 0.142. The lowest BCUT2D eigenvalue weighted by Crippen LogP contribution is -2.38. The third-order valence-corrected chi connectivity index (χ3v) is 5.04. The number of nitrogens with two attached hydrogens (primary N) is 1. The normalized spacial score (nSPS) is 15.6. The molecule has 1 aromatic heterocycles. The van der Waals surface area contributed by atoms with E-state index in [1.165, 1.54) is 12.1 Å². The maximum absolute atomic E-state index is 12.7. The summed E-state index contributed by atoms with van der Waals surface area (Å²) in [6.07, 6.45) is -2.83. The van der Waals surface area contributed by atoms with Gasteiger partial charge in [-0.05, 0) is 48.5 Å². The Labute approximate surface area is 164 Å². The van der Waals surface area contributed by atoms with E-state index in [-0.39, 0.29) is 11.9 Å². The third kappa shape index (κ3) is 4.16. The Hall–Kier alpha value is -3.16. The lowest BCUT2D eigenvalue weighted by atomic mass is 10.1. The minimum Gasteiger partial charge on any atom is -0.490 e. The zero-order valence-electron chi connectivity index (χ0n) is 15.4. The molecule has 4 rings (SSSR count). The first kappa shape index (κ1) is 19.2. The van der Waals surface area contributed by atoms with Crippen LogP contribution in [-0.4, -0.2) is 25.1 Å². The summed E-state index contributed by atoms with van der Waals surface area (Å²) < 4.78 is 49.5. The molecule has 1 saturated heterocycles. The fraction of sp³-hybridized carbons (Fsp3) is 0.286. The van der Waals surface area contributed by atoms with Gasteiger partial charge < -0.3 is 19.8 Å². The molecule has 0 bridgehead atoms. The molecule has 0 radical (unpaired) electrons. The van der Waals surface area contributed by atoms with Crippen LogP contribution in [0.2, 0.25) is 0 Å². The number of hydrogen-bond acceptors (Lipinski definition) is 4. The lowest BCUT2D eigenvalue weighted by Gasteiger charge is -2.33. The first-order chi connectivity index (χ1) is 13.8. The molecule has 1 fully saturated rings. The van der Waals surface area contributed by atoms with Crippen molar-refractivity contribution >= 4 is 22.6 Å². The van der Waals surface area contributed by atoms with Crippen LogP contribution in [0.15, 0.2) is 52.9 Å². The van der Waals surface area contributed by atoms with Gasteiger partial charge in [0, 0.05) is 37.0 Å². The molecule has 0 atom stereocenters. The van der Waals surface area contributed by atoms with Crippen LogP contribution in [0.25, 0.3) is 11.0 Å². The Bertz CT molecular complexity index is 1020. The number of anilines is 1. The molecule has 1 aliphatic heterocycles. The van der Waals surface area contributed by atoms with Crippen LogP contribution >= 0.6 is 0 Å². The number of carbonyl (C=O) groups excluding carboxylic acids is 1. The summed E-state index contributed by atoms with van der Waals surface area (Å²) in [6, 6.07) is 12.1. The molecule has 0 aliphatic carbocycles. The number of hydrogen-bond donors (Lipinski definition) is 1. The van der Waals surface area contributed by atoms with E-state index in [1.54, 1.807) is 24.3 Å². The standard InChI is InChI=1S/C21H19F3N2O3/c22-21(23,24)14-1-3-15(4-2-14)26-9-7-16(8-10-26)28-17-5-6-18-13(11-17)12-19(29-18)20(25)27/h1-6,11-12,16H,7-10H2,(H2,25,27). The second kappa shape index (κ2) is 7.35. The summed E-state index contributed by atoms with van der Waals surface area (Å²) in [6.45, 7) is 1.38. The van der Waals surface area contributed by atoms with Crippen LogP contribution in [0.3, 0.4) is 0 Å². The molecule has 0 saturated carbocycles. The van der Waals surface area contributed by atoms with Gasteiger partial charge in [0.15, 0.2) is 5.76 Å². The monoisotopic (exact) mass is 404 g/mol. The van der Waals surface area contributed by atoms with E-state index in [2.05, 4.69) is 4.90 Å². The maximum atomic E-state index is 12.7. The molecule has 5 nitrogen and oxygen atoms in total. The van der Waals surface area contributed by atoms with Gasteiger partial charge in [0.25, 0.3) is 5.91 Å². The summed E-state index contributed by atoms with van der Waals surface area (Å²) in [5, 5.41) is 0.735. The molecular weight excluding hydrogens is 385 g/mol. The number of benzene rings is 2. The van der Waals surface area contributed by atoms with E-state index in [0.29, 0.717) is 24.4 Å². The molecule has 0 unspecified atom stereocenters. The van der Waals surface area contributed by atoms with E-state index < -0.39 is 17.6 Å². The molecule has 2 heterocycles. The number of nitrogens with zero attached hydrogens (tertiary/aromatic N) is 1. The van der Waals surface area contributed by atoms with E-state index in [0.717, 1.165) is 36.0 Å². The Morgan fingerprint density at radius 3 is 2.38 bits per heavy atom. The van der Waals surface area contributed by atoms with Crippen LogP contribution in [0.5, 0.6) is 5.75 Å². The van der Waals surface area contributed by atoms with Gasteiger partial charge in [0.2, 0.25) is 0 Å². The van der Waals surface area contributed by atoms with Gasteiger partial charge in [-0.25, -0.2) is 0 Å². The van der Waals surface area contributed by atoms with E-state index >= 15 is 0 Å². The fourth-order valence-electron chi connectivity index (χ4n) is 3.50. The summed E-state index contributed by atoms with van der Waals surface area (Å²) in [7, 11) is 0. The van der Waals surface area contributed by atoms with Crippen molar-refractivity contribution in [1.29, 1.82) is 0 Å². The number of amides is 1. The van der Waals surface area contributed by atoms with Crippen LogP contribution in [0.1, 0.15) is 29.0 Å². The maximum Gasteiger partial charge on any atom is 0.416 e. The smallest absolute Gasteiger partial charge is 0.416 e. The number of furan rings is 1.